The molecule has 1 atom stereocenters. The van der Waals surface area contributed by atoms with Gasteiger partial charge in [0.25, 0.3) is 0 Å². The molecule has 112 valence electrons. The summed E-state index contributed by atoms with van der Waals surface area (Å²) in [4.78, 5) is 0. The minimum Gasteiger partial charge on any atom is -0.490 e. The van der Waals surface area contributed by atoms with Crippen molar-refractivity contribution in [2.45, 2.75) is 65.0 Å². The summed E-state index contributed by atoms with van der Waals surface area (Å²) in [6.45, 7) is 7.82. The van der Waals surface area contributed by atoms with E-state index in [1.807, 2.05) is 0 Å². The smallest absolute Gasteiger partial charge is 0.119 e. The van der Waals surface area contributed by atoms with Crippen LogP contribution in [-0.4, -0.2) is 12.6 Å². The second-order valence-corrected chi connectivity index (χ2v) is 6.24. The summed E-state index contributed by atoms with van der Waals surface area (Å²) in [5.41, 5.74) is 1.34. The summed E-state index contributed by atoms with van der Waals surface area (Å²) in [6.07, 6.45) is 6.62. The Bertz CT molecular complexity index is 379. The zero-order valence-electron chi connectivity index (χ0n) is 13.2. The van der Waals surface area contributed by atoms with Crippen molar-refractivity contribution < 1.29 is 4.74 Å². The van der Waals surface area contributed by atoms with Crippen LogP contribution in [0.15, 0.2) is 24.3 Å². The molecule has 0 heterocycles. The Morgan fingerprint density at radius 2 is 1.80 bits per heavy atom. The third kappa shape index (κ3) is 4.52. The van der Waals surface area contributed by atoms with Gasteiger partial charge in [-0.25, -0.2) is 0 Å². The van der Waals surface area contributed by atoms with Crippen molar-refractivity contribution in [3.05, 3.63) is 29.8 Å². The van der Waals surface area contributed by atoms with Crippen LogP contribution < -0.4 is 10.1 Å². The van der Waals surface area contributed by atoms with Crippen molar-refractivity contribution in [3.8, 4) is 5.75 Å². The second kappa shape index (κ2) is 7.68. The van der Waals surface area contributed by atoms with Crippen LogP contribution in [0.1, 0.15) is 64.5 Å². The zero-order chi connectivity index (χ0) is 14.4. The number of hydrogen-bond acceptors (Lipinski definition) is 2. The molecule has 0 aliphatic heterocycles. The fourth-order valence-electron chi connectivity index (χ4n) is 2.85. The lowest BCUT2D eigenvalue weighted by atomic mass is 9.89. The normalized spacial score (nSPS) is 24.4. The highest BCUT2D eigenvalue weighted by atomic mass is 16.5. The largest absolute Gasteiger partial charge is 0.490 e. The Balaban J connectivity index is 1.85. The molecule has 0 radical (unpaired) electrons. The second-order valence-electron chi connectivity index (χ2n) is 6.24. The molecule has 1 saturated carbocycles. The molecular weight excluding hydrogens is 246 g/mol. The van der Waals surface area contributed by atoms with E-state index in [1.165, 1.54) is 37.7 Å². The van der Waals surface area contributed by atoms with E-state index in [4.69, 9.17) is 4.74 Å². The van der Waals surface area contributed by atoms with Crippen molar-refractivity contribution in [1.82, 2.24) is 5.32 Å². The van der Waals surface area contributed by atoms with Gasteiger partial charge in [-0.1, -0.05) is 26.0 Å². The molecule has 0 saturated heterocycles. The maximum atomic E-state index is 6.10. The van der Waals surface area contributed by atoms with E-state index in [9.17, 15) is 0 Å². The first kappa shape index (κ1) is 15.4. The van der Waals surface area contributed by atoms with Gasteiger partial charge >= 0.3 is 0 Å². The Kier molecular flexibility index (Phi) is 5.90. The first-order valence-corrected chi connectivity index (χ1v) is 8.19. The Morgan fingerprint density at radius 3 is 2.40 bits per heavy atom. The van der Waals surface area contributed by atoms with Crippen molar-refractivity contribution >= 4 is 0 Å². The number of rotatable bonds is 6. The van der Waals surface area contributed by atoms with Crippen molar-refractivity contribution in [1.29, 1.82) is 0 Å². The molecule has 1 aliphatic carbocycles. The Labute approximate surface area is 123 Å². The maximum Gasteiger partial charge on any atom is 0.119 e. The summed E-state index contributed by atoms with van der Waals surface area (Å²) in [7, 11) is 0. The monoisotopic (exact) mass is 275 g/mol. The van der Waals surface area contributed by atoms with Crippen LogP contribution in [0.2, 0.25) is 0 Å². The van der Waals surface area contributed by atoms with E-state index >= 15 is 0 Å². The lowest BCUT2D eigenvalue weighted by Gasteiger charge is -2.27. The van der Waals surface area contributed by atoms with Gasteiger partial charge in [0.2, 0.25) is 0 Å². The fourth-order valence-corrected chi connectivity index (χ4v) is 2.85. The maximum absolute atomic E-state index is 6.10. The Morgan fingerprint density at radius 1 is 1.15 bits per heavy atom. The summed E-state index contributed by atoms with van der Waals surface area (Å²) in [5, 5.41) is 3.51. The van der Waals surface area contributed by atoms with E-state index < -0.39 is 0 Å². The molecule has 1 N–H and O–H groups in total. The van der Waals surface area contributed by atoms with Crippen molar-refractivity contribution in [2.24, 2.45) is 5.92 Å². The first-order valence-electron chi connectivity index (χ1n) is 8.19. The number of ether oxygens (including phenoxy) is 1. The predicted molar refractivity (Wildman–Crippen MR) is 85.2 cm³/mol. The molecule has 2 nitrogen and oxygen atoms in total. The van der Waals surface area contributed by atoms with Crippen LogP contribution in [0, 0.1) is 5.92 Å². The average Bonchev–Trinajstić information content (AvgIpc) is 2.48. The van der Waals surface area contributed by atoms with Gasteiger partial charge in [0, 0.05) is 6.04 Å². The van der Waals surface area contributed by atoms with E-state index in [2.05, 4.69) is 50.4 Å². The average molecular weight is 275 g/mol. The van der Waals surface area contributed by atoms with Gasteiger partial charge in [0.05, 0.1) is 6.10 Å². The number of nitrogens with one attached hydrogen (secondary N) is 1. The lowest BCUT2D eigenvalue weighted by molar-refractivity contribution is 0.135. The van der Waals surface area contributed by atoms with E-state index in [-0.39, 0.29) is 0 Å². The molecule has 2 rings (SSSR count). The quantitative estimate of drug-likeness (QED) is 0.812. The lowest BCUT2D eigenvalue weighted by Crippen LogP contribution is -2.23. The molecule has 1 fully saturated rings. The highest BCUT2D eigenvalue weighted by Gasteiger charge is 2.19. The predicted octanol–water partition coefficient (Wildman–Crippen LogP) is 4.70. The van der Waals surface area contributed by atoms with E-state index in [0.29, 0.717) is 12.1 Å². The SMILES string of the molecule is CCCNC(C)c1ccc(OC2CCC(C)CC2)cc1. The zero-order valence-corrected chi connectivity index (χ0v) is 13.2. The third-order valence-corrected chi connectivity index (χ3v) is 4.35. The van der Waals surface area contributed by atoms with E-state index in [1.54, 1.807) is 0 Å². The van der Waals surface area contributed by atoms with Gasteiger partial charge < -0.3 is 10.1 Å². The fraction of sp³-hybridized carbons (Fsp3) is 0.667. The van der Waals surface area contributed by atoms with Gasteiger partial charge in [-0.15, -0.1) is 0 Å². The van der Waals surface area contributed by atoms with E-state index in [0.717, 1.165) is 18.2 Å². The highest BCUT2D eigenvalue weighted by molar-refractivity contribution is 5.29. The highest BCUT2D eigenvalue weighted by Crippen LogP contribution is 2.27. The summed E-state index contributed by atoms with van der Waals surface area (Å²) in [6, 6.07) is 9.04. The Hall–Kier alpha value is -1.02. The molecule has 0 bridgehead atoms. The molecular formula is C18H29NO. The topological polar surface area (TPSA) is 21.3 Å². The summed E-state index contributed by atoms with van der Waals surface area (Å²) >= 11 is 0. The molecule has 0 spiro atoms. The summed E-state index contributed by atoms with van der Waals surface area (Å²) < 4.78 is 6.10. The first-order chi connectivity index (χ1) is 9.69. The van der Waals surface area contributed by atoms with Crippen LogP contribution in [0.5, 0.6) is 5.75 Å². The van der Waals surface area contributed by atoms with Crippen LogP contribution in [0.3, 0.4) is 0 Å². The van der Waals surface area contributed by atoms with Crippen molar-refractivity contribution in [3.63, 3.8) is 0 Å². The van der Waals surface area contributed by atoms with Crippen LogP contribution >= 0.6 is 0 Å². The van der Waals surface area contributed by atoms with Crippen LogP contribution in [0.25, 0.3) is 0 Å². The molecule has 1 aromatic rings. The van der Waals surface area contributed by atoms with Gasteiger partial charge in [-0.3, -0.25) is 0 Å². The molecule has 20 heavy (non-hydrogen) atoms. The standard InChI is InChI=1S/C18H29NO/c1-4-13-19-15(3)16-7-11-18(12-8-16)20-17-9-5-14(2)6-10-17/h7-8,11-12,14-15,17,19H,4-6,9-10,13H2,1-3H3. The van der Waals surface area contributed by atoms with Crippen LogP contribution in [-0.2, 0) is 0 Å². The molecule has 0 amide bonds. The minimum absolute atomic E-state index is 0.416. The number of benzene rings is 1. The minimum atomic E-state index is 0.416. The third-order valence-electron chi connectivity index (χ3n) is 4.35. The number of hydrogen-bond donors (Lipinski definition) is 1. The molecule has 0 aromatic heterocycles. The molecule has 2 heteroatoms. The molecule has 1 aliphatic rings. The van der Waals surface area contributed by atoms with Gasteiger partial charge in [0.15, 0.2) is 0 Å². The van der Waals surface area contributed by atoms with Crippen LogP contribution in [0.4, 0.5) is 0 Å². The summed E-state index contributed by atoms with van der Waals surface area (Å²) in [5.74, 6) is 1.90. The molecule has 1 unspecified atom stereocenters. The van der Waals surface area contributed by atoms with Gasteiger partial charge in [-0.2, -0.15) is 0 Å². The van der Waals surface area contributed by atoms with Crippen molar-refractivity contribution in [2.75, 3.05) is 6.54 Å². The van der Waals surface area contributed by atoms with Gasteiger partial charge in [-0.05, 0) is 69.2 Å². The van der Waals surface area contributed by atoms with Gasteiger partial charge in [0.1, 0.15) is 5.75 Å². The molecule has 1 aromatic carbocycles.